The van der Waals surface area contributed by atoms with Gasteiger partial charge in [-0.15, -0.1) is 16.4 Å². The van der Waals surface area contributed by atoms with Crippen molar-refractivity contribution in [3.63, 3.8) is 0 Å². The minimum Gasteiger partial charge on any atom is -0.476 e. The van der Waals surface area contributed by atoms with E-state index in [4.69, 9.17) is 5.11 Å². The summed E-state index contributed by atoms with van der Waals surface area (Å²) < 4.78 is 3.48. The summed E-state index contributed by atoms with van der Waals surface area (Å²) in [5.74, 6) is -1.22. The first-order valence-electron chi connectivity index (χ1n) is 4.79. The van der Waals surface area contributed by atoms with Crippen molar-refractivity contribution in [1.82, 2.24) is 14.9 Å². The van der Waals surface area contributed by atoms with Gasteiger partial charge in [0.1, 0.15) is 0 Å². The smallest absolute Gasteiger partial charge is 0.359 e. The lowest BCUT2D eigenvalue weighted by molar-refractivity contribution is 0.0691. The second kappa shape index (κ2) is 5.56. The molecule has 0 radical (unpaired) electrons. The highest BCUT2D eigenvalue weighted by Crippen LogP contribution is 2.17. The molecule has 2 amide bonds. The molecule has 0 aliphatic heterocycles. The van der Waals surface area contributed by atoms with Gasteiger partial charge < -0.3 is 10.4 Å². The third-order valence-electron chi connectivity index (χ3n) is 1.92. The van der Waals surface area contributed by atoms with Crippen LogP contribution in [0.4, 0.5) is 9.80 Å². The Balaban J connectivity index is 1.91. The van der Waals surface area contributed by atoms with E-state index in [1.54, 1.807) is 0 Å². The number of thiophene rings is 1. The molecule has 2 aromatic heterocycles. The van der Waals surface area contributed by atoms with Crippen LogP contribution in [0.25, 0.3) is 0 Å². The van der Waals surface area contributed by atoms with Gasteiger partial charge in [-0.25, -0.2) is 9.59 Å². The second-order valence-corrected chi connectivity index (χ2v) is 4.93. The van der Waals surface area contributed by atoms with Gasteiger partial charge in [-0.1, -0.05) is 10.6 Å². The van der Waals surface area contributed by atoms with Crippen molar-refractivity contribution in [2.24, 2.45) is 0 Å². The van der Waals surface area contributed by atoms with E-state index in [-0.39, 0.29) is 10.7 Å². The average molecular weight is 284 g/mol. The highest BCUT2D eigenvalue weighted by atomic mass is 32.1. The van der Waals surface area contributed by atoms with Gasteiger partial charge in [0, 0.05) is 16.4 Å². The van der Waals surface area contributed by atoms with Crippen LogP contribution in [0.3, 0.4) is 0 Å². The Hall–Kier alpha value is -2.00. The van der Waals surface area contributed by atoms with Gasteiger partial charge >= 0.3 is 12.0 Å². The molecule has 0 unspecified atom stereocenters. The Kier molecular flexibility index (Phi) is 3.85. The minimum absolute atomic E-state index is 0.117. The number of aromatic nitrogens is 2. The Morgan fingerprint density at radius 1 is 1.44 bits per heavy atom. The Morgan fingerprint density at radius 3 is 2.94 bits per heavy atom. The van der Waals surface area contributed by atoms with Crippen LogP contribution in [0, 0.1) is 0 Å². The SMILES string of the molecule is O=C(NCc1cccs1)Nc1snnc1C(=O)O. The molecule has 18 heavy (non-hydrogen) atoms. The van der Waals surface area contributed by atoms with E-state index >= 15 is 0 Å². The number of urea groups is 1. The topological polar surface area (TPSA) is 104 Å². The van der Waals surface area contributed by atoms with Crippen LogP contribution in [-0.2, 0) is 6.54 Å². The highest BCUT2D eigenvalue weighted by molar-refractivity contribution is 7.10. The molecule has 0 atom stereocenters. The summed E-state index contributed by atoms with van der Waals surface area (Å²) in [4.78, 5) is 23.3. The predicted molar refractivity (Wildman–Crippen MR) is 67.0 cm³/mol. The first kappa shape index (κ1) is 12.5. The number of nitrogens with one attached hydrogen (secondary N) is 2. The maximum atomic E-state index is 11.5. The zero-order chi connectivity index (χ0) is 13.0. The van der Waals surface area contributed by atoms with Crippen molar-refractivity contribution in [3.05, 3.63) is 28.1 Å². The zero-order valence-corrected chi connectivity index (χ0v) is 10.5. The molecule has 0 aromatic carbocycles. The molecule has 0 saturated carbocycles. The fourth-order valence-electron chi connectivity index (χ4n) is 1.14. The number of carbonyl (C=O) groups excluding carboxylic acids is 1. The van der Waals surface area contributed by atoms with Crippen molar-refractivity contribution in [2.75, 3.05) is 5.32 Å². The number of nitrogens with zero attached hydrogens (tertiary/aromatic N) is 2. The molecule has 2 aromatic rings. The van der Waals surface area contributed by atoms with Crippen LogP contribution in [0.15, 0.2) is 17.5 Å². The highest BCUT2D eigenvalue weighted by Gasteiger charge is 2.17. The quantitative estimate of drug-likeness (QED) is 0.791. The van der Waals surface area contributed by atoms with Crippen LogP contribution in [0.1, 0.15) is 15.4 Å². The van der Waals surface area contributed by atoms with E-state index in [1.807, 2.05) is 17.5 Å². The summed E-state index contributed by atoms with van der Waals surface area (Å²) >= 11 is 2.34. The van der Waals surface area contributed by atoms with Gasteiger partial charge in [0.25, 0.3) is 0 Å². The molecule has 0 fully saturated rings. The molecule has 0 bridgehead atoms. The summed E-state index contributed by atoms with van der Waals surface area (Å²) in [5, 5.41) is 19.2. The second-order valence-electron chi connectivity index (χ2n) is 3.14. The molecule has 0 saturated heterocycles. The molecule has 2 heterocycles. The van der Waals surface area contributed by atoms with E-state index in [9.17, 15) is 9.59 Å². The lowest BCUT2D eigenvalue weighted by Crippen LogP contribution is -2.28. The van der Waals surface area contributed by atoms with Crippen LogP contribution >= 0.6 is 22.9 Å². The minimum atomic E-state index is -1.22. The molecule has 7 nitrogen and oxygen atoms in total. The normalized spacial score (nSPS) is 10.0. The number of aromatic carboxylic acids is 1. The molecular weight excluding hydrogens is 276 g/mol. The number of amides is 2. The predicted octanol–water partition coefficient (Wildman–Crippen LogP) is 1.62. The third kappa shape index (κ3) is 3.02. The lowest BCUT2D eigenvalue weighted by Gasteiger charge is -2.04. The largest absolute Gasteiger partial charge is 0.476 e. The summed E-state index contributed by atoms with van der Waals surface area (Å²) in [6.07, 6.45) is 0. The average Bonchev–Trinajstić information content (AvgIpc) is 2.96. The molecule has 2 rings (SSSR count). The maximum absolute atomic E-state index is 11.5. The van der Waals surface area contributed by atoms with Crippen molar-refractivity contribution in [2.45, 2.75) is 6.54 Å². The van der Waals surface area contributed by atoms with Crippen LogP contribution in [-0.4, -0.2) is 26.7 Å². The van der Waals surface area contributed by atoms with Crippen molar-refractivity contribution >= 4 is 39.9 Å². The molecule has 0 aliphatic rings. The number of hydrogen-bond acceptors (Lipinski definition) is 6. The number of anilines is 1. The molecule has 0 spiro atoms. The zero-order valence-electron chi connectivity index (χ0n) is 8.91. The van der Waals surface area contributed by atoms with E-state index in [2.05, 4.69) is 20.2 Å². The summed E-state index contributed by atoms with van der Waals surface area (Å²) in [5.41, 5.74) is -0.258. The Bertz CT molecular complexity index is 552. The number of rotatable bonds is 4. The van der Waals surface area contributed by atoms with Crippen LogP contribution in [0.2, 0.25) is 0 Å². The fourth-order valence-corrected chi connectivity index (χ4v) is 2.34. The number of carbonyl (C=O) groups is 2. The van der Waals surface area contributed by atoms with Gasteiger partial charge in [-0.3, -0.25) is 5.32 Å². The van der Waals surface area contributed by atoms with Crippen molar-refractivity contribution in [1.29, 1.82) is 0 Å². The summed E-state index contributed by atoms with van der Waals surface area (Å²) in [6.45, 7) is 0.387. The molecular formula is C9H8N4O3S2. The molecule has 3 N–H and O–H groups in total. The van der Waals surface area contributed by atoms with E-state index in [1.165, 1.54) is 11.3 Å². The van der Waals surface area contributed by atoms with E-state index < -0.39 is 12.0 Å². The van der Waals surface area contributed by atoms with Gasteiger partial charge in [-0.05, 0) is 11.4 Å². The first-order valence-corrected chi connectivity index (χ1v) is 6.45. The van der Waals surface area contributed by atoms with E-state index in [0.29, 0.717) is 6.54 Å². The molecule has 0 aliphatic carbocycles. The maximum Gasteiger partial charge on any atom is 0.359 e. The van der Waals surface area contributed by atoms with Gasteiger partial charge in [0.15, 0.2) is 5.00 Å². The van der Waals surface area contributed by atoms with Crippen LogP contribution < -0.4 is 10.6 Å². The Labute approximate surface area is 110 Å². The van der Waals surface area contributed by atoms with Crippen molar-refractivity contribution in [3.8, 4) is 0 Å². The van der Waals surface area contributed by atoms with Gasteiger partial charge in [-0.2, -0.15) is 0 Å². The number of carboxylic acid groups (broad SMARTS) is 1. The standard InChI is InChI=1S/C9H8N4O3S2/c14-8(15)6-7(18-13-12-6)11-9(16)10-4-5-2-1-3-17-5/h1-3H,4H2,(H,14,15)(H2,10,11,16). The third-order valence-corrected chi connectivity index (χ3v) is 3.44. The summed E-state index contributed by atoms with van der Waals surface area (Å²) in [6, 6.07) is 3.29. The van der Waals surface area contributed by atoms with Crippen LogP contribution in [0.5, 0.6) is 0 Å². The van der Waals surface area contributed by atoms with Crippen molar-refractivity contribution < 1.29 is 14.7 Å². The molecule has 9 heteroatoms. The first-order chi connectivity index (χ1) is 8.66. The number of hydrogen-bond donors (Lipinski definition) is 3. The summed E-state index contributed by atoms with van der Waals surface area (Å²) in [7, 11) is 0. The van der Waals surface area contributed by atoms with Gasteiger partial charge in [0.2, 0.25) is 5.69 Å². The Morgan fingerprint density at radius 2 is 2.28 bits per heavy atom. The van der Waals surface area contributed by atoms with Gasteiger partial charge in [0.05, 0.1) is 6.54 Å². The molecule has 94 valence electrons. The number of carboxylic acids is 1. The lowest BCUT2D eigenvalue weighted by atomic mass is 10.4. The monoisotopic (exact) mass is 284 g/mol. The van der Waals surface area contributed by atoms with E-state index in [0.717, 1.165) is 16.4 Å². The fraction of sp³-hybridized carbons (Fsp3) is 0.111.